The minimum Gasteiger partial charge on any atom is -0.257 e. The molecule has 0 spiro atoms. The molecule has 0 aliphatic carbocycles. The molecule has 2 N–H and O–H groups in total. The van der Waals surface area contributed by atoms with Gasteiger partial charge in [0.15, 0.2) is 0 Å². The predicted octanol–water partition coefficient (Wildman–Crippen LogP) is 4.00. The number of anilines is 1. The second kappa shape index (κ2) is 6.77. The predicted molar refractivity (Wildman–Crippen MR) is 92.6 cm³/mol. The fourth-order valence-corrected chi connectivity index (χ4v) is 3.40. The van der Waals surface area contributed by atoms with Crippen LogP contribution in [0.4, 0.5) is 23.2 Å². The molecule has 27 heavy (non-hydrogen) atoms. The second-order valence-electron chi connectivity index (χ2n) is 5.81. The van der Waals surface area contributed by atoms with Crippen LogP contribution in [-0.4, -0.2) is 20.3 Å². The van der Waals surface area contributed by atoms with E-state index in [0.717, 1.165) is 23.2 Å². The Kier molecular flexibility index (Phi) is 4.91. The summed E-state index contributed by atoms with van der Waals surface area (Å²) in [5.41, 5.74) is -0.934. The van der Waals surface area contributed by atoms with E-state index in [1.165, 1.54) is 24.3 Å². The van der Waals surface area contributed by atoms with Gasteiger partial charge in [0.2, 0.25) is 10.0 Å². The van der Waals surface area contributed by atoms with Crippen molar-refractivity contribution in [2.45, 2.75) is 23.5 Å². The summed E-state index contributed by atoms with van der Waals surface area (Å²) >= 11 is 5.71. The van der Waals surface area contributed by atoms with Gasteiger partial charge in [-0.3, -0.25) is 5.01 Å². The summed E-state index contributed by atoms with van der Waals surface area (Å²) < 4.78 is 76.4. The Morgan fingerprint density at radius 3 is 2.30 bits per heavy atom. The highest BCUT2D eigenvalue weighted by molar-refractivity contribution is 7.89. The van der Waals surface area contributed by atoms with Crippen LogP contribution in [-0.2, 0) is 10.0 Å². The van der Waals surface area contributed by atoms with E-state index in [0.29, 0.717) is 0 Å². The maximum absolute atomic E-state index is 14.3. The lowest BCUT2D eigenvalue weighted by Crippen LogP contribution is -2.22. The summed E-state index contributed by atoms with van der Waals surface area (Å²) in [5.74, 6) is -0.766. The van der Waals surface area contributed by atoms with Gasteiger partial charge >= 0.3 is 6.18 Å². The van der Waals surface area contributed by atoms with E-state index in [4.69, 9.17) is 16.7 Å². The summed E-state index contributed by atoms with van der Waals surface area (Å²) in [7, 11) is -3.96. The van der Waals surface area contributed by atoms with Crippen molar-refractivity contribution >= 4 is 33.0 Å². The van der Waals surface area contributed by atoms with Gasteiger partial charge in [0.05, 0.1) is 16.6 Å². The first kappa shape index (κ1) is 19.6. The molecule has 5 nitrogen and oxygen atoms in total. The number of sulfonamides is 1. The molecular weight excluding hydrogens is 410 g/mol. The van der Waals surface area contributed by atoms with Crippen LogP contribution in [0.15, 0.2) is 52.5 Å². The highest BCUT2D eigenvalue weighted by Crippen LogP contribution is 2.40. The third-order valence-corrected chi connectivity index (χ3v) is 5.15. The van der Waals surface area contributed by atoms with E-state index < -0.39 is 40.2 Å². The van der Waals surface area contributed by atoms with Gasteiger partial charge in [0.1, 0.15) is 11.5 Å². The number of benzene rings is 2. The molecule has 1 atom stereocenters. The minimum absolute atomic E-state index is 0.0158. The summed E-state index contributed by atoms with van der Waals surface area (Å²) in [6.45, 7) is 0. The number of halogens is 5. The van der Waals surface area contributed by atoms with E-state index in [9.17, 15) is 26.0 Å². The average Bonchev–Trinajstić information content (AvgIpc) is 2.99. The molecule has 0 amide bonds. The largest absolute Gasteiger partial charge is 0.431 e. The Bertz CT molecular complexity index is 1010. The lowest BCUT2D eigenvalue weighted by molar-refractivity contribution is -0.0600. The SMILES string of the molecule is NS(=O)(=O)c1ccc(N2N=C(C(F)(F)F)CC2c2ccc(Cl)cc2F)cc1. The number of hydrogen-bond donors (Lipinski definition) is 1. The fraction of sp³-hybridized carbons (Fsp3) is 0.188. The van der Waals surface area contributed by atoms with Gasteiger partial charge in [0, 0.05) is 17.0 Å². The zero-order valence-corrected chi connectivity index (χ0v) is 15.0. The molecule has 0 fully saturated rings. The van der Waals surface area contributed by atoms with Crippen LogP contribution < -0.4 is 10.1 Å². The summed E-state index contributed by atoms with van der Waals surface area (Å²) in [6.07, 6.45) is -5.25. The molecule has 1 aliphatic rings. The number of hydrogen-bond acceptors (Lipinski definition) is 4. The van der Waals surface area contributed by atoms with Crippen molar-refractivity contribution in [1.82, 2.24) is 0 Å². The topological polar surface area (TPSA) is 75.8 Å². The Hall–Kier alpha value is -2.17. The number of hydrazone groups is 1. The Morgan fingerprint density at radius 2 is 1.78 bits per heavy atom. The first-order valence-electron chi connectivity index (χ1n) is 7.48. The van der Waals surface area contributed by atoms with E-state index in [1.54, 1.807) is 0 Å². The highest BCUT2D eigenvalue weighted by Gasteiger charge is 2.44. The second-order valence-corrected chi connectivity index (χ2v) is 7.81. The number of rotatable bonds is 3. The first-order valence-corrected chi connectivity index (χ1v) is 9.41. The maximum Gasteiger partial charge on any atom is 0.431 e. The van der Waals surface area contributed by atoms with Crippen molar-refractivity contribution in [2.75, 3.05) is 5.01 Å². The van der Waals surface area contributed by atoms with Gasteiger partial charge in [0.25, 0.3) is 0 Å². The van der Waals surface area contributed by atoms with Gasteiger partial charge < -0.3 is 0 Å². The molecule has 0 bridgehead atoms. The Morgan fingerprint density at radius 1 is 1.15 bits per heavy atom. The summed E-state index contributed by atoms with van der Waals surface area (Å²) in [5, 5.41) is 9.71. The molecule has 11 heteroatoms. The molecule has 3 rings (SSSR count). The van der Waals surface area contributed by atoms with E-state index in [-0.39, 0.29) is 21.2 Å². The van der Waals surface area contributed by atoms with E-state index >= 15 is 0 Å². The lowest BCUT2D eigenvalue weighted by Gasteiger charge is -2.24. The Balaban J connectivity index is 2.05. The summed E-state index contributed by atoms with van der Waals surface area (Å²) in [6, 6.07) is 7.38. The lowest BCUT2D eigenvalue weighted by atomic mass is 10.0. The molecule has 0 saturated carbocycles. The molecule has 1 aliphatic heterocycles. The van der Waals surface area contributed by atoms with Gasteiger partial charge in [-0.2, -0.15) is 18.3 Å². The molecule has 1 heterocycles. The smallest absolute Gasteiger partial charge is 0.257 e. The van der Waals surface area contributed by atoms with E-state index in [1.807, 2.05) is 0 Å². The maximum atomic E-state index is 14.3. The van der Waals surface area contributed by atoms with Crippen LogP contribution in [0.2, 0.25) is 5.02 Å². The molecule has 2 aromatic carbocycles. The third-order valence-electron chi connectivity index (χ3n) is 3.99. The zero-order valence-electron chi connectivity index (χ0n) is 13.4. The van der Waals surface area contributed by atoms with Crippen LogP contribution in [0, 0.1) is 5.82 Å². The number of primary sulfonamides is 1. The van der Waals surface area contributed by atoms with Gasteiger partial charge in [-0.1, -0.05) is 17.7 Å². The molecule has 1 unspecified atom stereocenters. The first-order chi connectivity index (χ1) is 12.5. The van der Waals surface area contributed by atoms with Crippen LogP contribution >= 0.6 is 11.6 Å². The van der Waals surface area contributed by atoms with Gasteiger partial charge in [-0.05, 0) is 36.4 Å². The van der Waals surface area contributed by atoms with E-state index in [2.05, 4.69) is 5.10 Å². The molecule has 0 aromatic heterocycles. The van der Waals surface area contributed by atoms with Crippen molar-refractivity contribution in [2.24, 2.45) is 10.2 Å². The number of nitrogens with two attached hydrogens (primary N) is 1. The van der Waals surface area contributed by atoms with Crippen molar-refractivity contribution in [1.29, 1.82) is 0 Å². The zero-order chi connectivity index (χ0) is 20.0. The van der Waals surface area contributed by atoms with Crippen molar-refractivity contribution in [3.05, 3.63) is 58.9 Å². The van der Waals surface area contributed by atoms with Crippen molar-refractivity contribution in [3.8, 4) is 0 Å². The van der Waals surface area contributed by atoms with Gasteiger partial charge in [-0.25, -0.2) is 17.9 Å². The highest BCUT2D eigenvalue weighted by atomic mass is 35.5. The normalized spacial score (nSPS) is 17.9. The van der Waals surface area contributed by atoms with Crippen molar-refractivity contribution in [3.63, 3.8) is 0 Å². The minimum atomic E-state index is -4.68. The van der Waals surface area contributed by atoms with Crippen LogP contribution in [0.5, 0.6) is 0 Å². The van der Waals surface area contributed by atoms with Crippen LogP contribution in [0.1, 0.15) is 18.0 Å². The monoisotopic (exact) mass is 421 g/mol. The molecular formula is C16H12ClF4N3O2S. The molecule has 0 saturated heterocycles. The molecule has 2 aromatic rings. The summed E-state index contributed by atoms with van der Waals surface area (Å²) in [4.78, 5) is -0.209. The average molecular weight is 422 g/mol. The standard InChI is InChI=1S/C16H12ClF4N3O2S/c17-9-1-6-12(13(18)7-9)14-8-15(16(19,20)21)23-24(14)10-2-4-11(5-3-10)27(22,25)26/h1-7,14H,8H2,(H2,22,25,26). The van der Waals surface area contributed by atoms with Crippen molar-refractivity contribution < 1.29 is 26.0 Å². The Labute approximate surface area is 157 Å². The molecule has 144 valence electrons. The quantitative estimate of drug-likeness (QED) is 0.761. The van der Waals surface area contributed by atoms with Crippen LogP contribution in [0.25, 0.3) is 0 Å². The molecule has 0 radical (unpaired) electrons. The van der Waals surface area contributed by atoms with Gasteiger partial charge in [-0.15, -0.1) is 0 Å². The third kappa shape index (κ3) is 4.07. The van der Waals surface area contributed by atoms with Crippen LogP contribution in [0.3, 0.4) is 0 Å². The number of nitrogens with zero attached hydrogens (tertiary/aromatic N) is 2. The fourth-order valence-electron chi connectivity index (χ4n) is 2.72. The number of alkyl halides is 3.